The van der Waals surface area contributed by atoms with Crippen LogP contribution in [-0.2, 0) is 11.3 Å². The number of hydrogen-bond acceptors (Lipinski definition) is 7. The maximum atomic E-state index is 10.5. The van der Waals surface area contributed by atoms with Crippen LogP contribution in [0.2, 0.25) is 0 Å². The number of aliphatic hydroxyl groups excluding tert-OH is 1. The molecule has 2 aliphatic rings. The maximum Gasteiger partial charge on any atom is 0.225 e. The summed E-state index contributed by atoms with van der Waals surface area (Å²) in [6.07, 6.45) is 5.35. The van der Waals surface area contributed by atoms with Gasteiger partial charge in [-0.2, -0.15) is 0 Å². The summed E-state index contributed by atoms with van der Waals surface area (Å²) in [6, 6.07) is 16.8. The highest BCUT2D eigenvalue weighted by atomic mass is 16.5. The number of anilines is 1. The molecular weight excluding hydrogens is 442 g/mol. The van der Waals surface area contributed by atoms with Crippen molar-refractivity contribution >= 4 is 17.0 Å². The van der Waals surface area contributed by atoms with Crippen molar-refractivity contribution in [2.45, 2.75) is 37.5 Å². The first-order chi connectivity index (χ1) is 17.1. The molecule has 4 aromatic rings. The Morgan fingerprint density at radius 1 is 1.00 bits per heavy atom. The summed E-state index contributed by atoms with van der Waals surface area (Å²) in [6.45, 7) is 2.48. The quantitative estimate of drug-likeness (QED) is 0.461. The predicted octanol–water partition coefficient (Wildman–Crippen LogP) is 3.33. The van der Waals surface area contributed by atoms with E-state index >= 15 is 0 Å². The molecule has 2 N–H and O–H groups in total. The van der Waals surface area contributed by atoms with Crippen LogP contribution in [0.15, 0.2) is 60.9 Å². The van der Waals surface area contributed by atoms with Crippen molar-refractivity contribution in [1.29, 1.82) is 0 Å². The molecule has 2 aromatic heterocycles. The summed E-state index contributed by atoms with van der Waals surface area (Å²) in [4.78, 5) is 16.2. The largest absolute Gasteiger partial charge is 0.396 e. The third-order valence-corrected chi connectivity index (χ3v) is 7.29. The van der Waals surface area contributed by atoms with Gasteiger partial charge in [-0.15, -0.1) is 0 Å². The van der Waals surface area contributed by atoms with Crippen LogP contribution in [0.4, 0.5) is 5.95 Å². The molecule has 1 atom stereocenters. The van der Waals surface area contributed by atoms with E-state index in [0.29, 0.717) is 51.5 Å². The maximum absolute atomic E-state index is 10.5. The van der Waals surface area contributed by atoms with E-state index in [9.17, 15) is 10.2 Å². The SMILES string of the molecule is OCCC1(O)CCN(c2ncc(-c3ccc4nc5n(c4c3)C(c3ccccc3)COC5)cn2)CC1. The molecule has 0 bridgehead atoms. The van der Waals surface area contributed by atoms with E-state index in [1.165, 1.54) is 5.56 Å². The van der Waals surface area contributed by atoms with Gasteiger partial charge in [0, 0.05) is 37.7 Å². The summed E-state index contributed by atoms with van der Waals surface area (Å²) < 4.78 is 8.17. The molecule has 8 nitrogen and oxygen atoms in total. The third-order valence-electron chi connectivity index (χ3n) is 7.29. The molecule has 0 spiro atoms. The van der Waals surface area contributed by atoms with Gasteiger partial charge in [-0.3, -0.25) is 0 Å². The van der Waals surface area contributed by atoms with Gasteiger partial charge in [-0.25, -0.2) is 15.0 Å². The normalized spacial score (nSPS) is 19.6. The summed E-state index contributed by atoms with van der Waals surface area (Å²) in [5.74, 6) is 1.61. The Morgan fingerprint density at radius 2 is 1.77 bits per heavy atom. The van der Waals surface area contributed by atoms with E-state index in [1.54, 1.807) is 0 Å². The minimum absolute atomic E-state index is 0.00551. The summed E-state index contributed by atoms with van der Waals surface area (Å²) in [5, 5.41) is 19.7. The monoisotopic (exact) mass is 471 g/mol. The minimum atomic E-state index is -0.784. The fraction of sp³-hybridized carbons (Fsp3) is 0.370. The van der Waals surface area contributed by atoms with Crippen LogP contribution in [-0.4, -0.2) is 61.6 Å². The van der Waals surface area contributed by atoms with E-state index < -0.39 is 5.60 Å². The van der Waals surface area contributed by atoms with Gasteiger partial charge in [0.05, 0.1) is 29.3 Å². The van der Waals surface area contributed by atoms with E-state index in [4.69, 9.17) is 9.72 Å². The van der Waals surface area contributed by atoms with Gasteiger partial charge in [0.25, 0.3) is 0 Å². The van der Waals surface area contributed by atoms with Gasteiger partial charge >= 0.3 is 0 Å². The third kappa shape index (κ3) is 4.18. The Kier molecular flexibility index (Phi) is 5.72. The zero-order valence-electron chi connectivity index (χ0n) is 19.5. The Labute approximate surface area is 203 Å². The zero-order chi connectivity index (χ0) is 23.8. The Bertz CT molecular complexity index is 1310. The number of ether oxygens (including phenoxy) is 1. The van der Waals surface area contributed by atoms with Crippen molar-refractivity contribution in [3.05, 3.63) is 72.3 Å². The van der Waals surface area contributed by atoms with E-state index in [2.05, 4.69) is 61.9 Å². The van der Waals surface area contributed by atoms with Crippen molar-refractivity contribution < 1.29 is 14.9 Å². The molecule has 1 unspecified atom stereocenters. The second-order valence-corrected chi connectivity index (χ2v) is 9.50. The van der Waals surface area contributed by atoms with Gasteiger partial charge < -0.3 is 24.4 Å². The van der Waals surface area contributed by atoms with Crippen LogP contribution in [0.1, 0.15) is 36.7 Å². The molecule has 35 heavy (non-hydrogen) atoms. The fourth-order valence-corrected chi connectivity index (χ4v) is 5.24. The first-order valence-corrected chi connectivity index (χ1v) is 12.2. The van der Waals surface area contributed by atoms with Crippen LogP contribution >= 0.6 is 0 Å². The van der Waals surface area contributed by atoms with Gasteiger partial charge in [-0.1, -0.05) is 36.4 Å². The number of fused-ring (bicyclic) bond motifs is 3. The minimum Gasteiger partial charge on any atom is -0.396 e. The highest BCUT2D eigenvalue weighted by molar-refractivity contribution is 5.83. The molecule has 2 aromatic carbocycles. The lowest BCUT2D eigenvalue weighted by molar-refractivity contribution is -0.00554. The van der Waals surface area contributed by atoms with Crippen molar-refractivity contribution in [3.63, 3.8) is 0 Å². The summed E-state index contributed by atoms with van der Waals surface area (Å²) in [7, 11) is 0. The van der Waals surface area contributed by atoms with Gasteiger partial charge in [0.2, 0.25) is 5.95 Å². The van der Waals surface area contributed by atoms with E-state index in [-0.39, 0.29) is 12.6 Å². The average molecular weight is 472 g/mol. The zero-order valence-corrected chi connectivity index (χ0v) is 19.5. The highest BCUT2D eigenvalue weighted by Crippen LogP contribution is 2.33. The molecular formula is C27H29N5O3. The number of imidazole rings is 1. The molecule has 0 saturated carbocycles. The number of aromatic nitrogens is 4. The molecule has 2 aliphatic heterocycles. The van der Waals surface area contributed by atoms with Crippen LogP contribution in [0, 0.1) is 0 Å². The number of rotatable bonds is 5. The molecule has 0 radical (unpaired) electrons. The Balaban J connectivity index is 1.28. The number of aliphatic hydroxyl groups is 2. The predicted molar refractivity (Wildman–Crippen MR) is 133 cm³/mol. The molecule has 4 heterocycles. The van der Waals surface area contributed by atoms with Gasteiger partial charge in [0.1, 0.15) is 12.4 Å². The first kappa shape index (κ1) is 22.2. The standard InChI is InChI=1S/C27H29N5O3/c33-13-10-27(34)8-11-31(12-9-27)26-28-15-21(16-29-26)20-6-7-22-23(14-20)32-24(17-35-18-25(32)30-22)19-4-2-1-3-5-19/h1-7,14-16,24,33-34H,8-13,17-18H2. The van der Waals surface area contributed by atoms with Crippen molar-refractivity contribution in [2.75, 3.05) is 31.2 Å². The van der Waals surface area contributed by atoms with Gasteiger partial charge in [-0.05, 0) is 42.5 Å². The Hall–Kier alpha value is -3.33. The van der Waals surface area contributed by atoms with Gasteiger partial charge in [0.15, 0.2) is 0 Å². The molecule has 180 valence electrons. The summed E-state index contributed by atoms with van der Waals surface area (Å²) >= 11 is 0. The lowest BCUT2D eigenvalue weighted by atomic mass is 9.89. The second kappa shape index (κ2) is 9.03. The molecule has 0 amide bonds. The average Bonchev–Trinajstić information content (AvgIpc) is 3.28. The first-order valence-electron chi connectivity index (χ1n) is 12.2. The lowest BCUT2D eigenvalue weighted by Crippen LogP contribution is -2.45. The number of nitrogens with zero attached hydrogens (tertiary/aromatic N) is 5. The fourth-order valence-electron chi connectivity index (χ4n) is 5.24. The molecule has 1 saturated heterocycles. The molecule has 6 rings (SSSR count). The van der Waals surface area contributed by atoms with E-state index in [0.717, 1.165) is 28.0 Å². The van der Waals surface area contributed by atoms with Crippen molar-refractivity contribution in [1.82, 2.24) is 19.5 Å². The van der Waals surface area contributed by atoms with Crippen molar-refractivity contribution in [2.24, 2.45) is 0 Å². The lowest BCUT2D eigenvalue weighted by Gasteiger charge is -2.37. The van der Waals surface area contributed by atoms with E-state index in [1.807, 2.05) is 18.5 Å². The Morgan fingerprint density at radius 3 is 2.51 bits per heavy atom. The topological polar surface area (TPSA) is 96.5 Å². The highest BCUT2D eigenvalue weighted by Gasteiger charge is 2.32. The van der Waals surface area contributed by atoms with Crippen LogP contribution < -0.4 is 4.90 Å². The smallest absolute Gasteiger partial charge is 0.225 e. The van der Waals surface area contributed by atoms with Crippen LogP contribution in [0.25, 0.3) is 22.2 Å². The van der Waals surface area contributed by atoms with Crippen LogP contribution in [0.5, 0.6) is 0 Å². The molecule has 1 fully saturated rings. The molecule has 0 aliphatic carbocycles. The number of piperidine rings is 1. The van der Waals surface area contributed by atoms with Crippen molar-refractivity contribution in [3.8, 4) is 11.1 Å². The van der Waals surface area contributed by atoms with Crippen LogP contribution in [0.3, 0.4) is 0 Å². The number of hydrogen-bond donors (Lipinski definition) is 2. The second-order valence-electron chi connectivity index (χ2n) is 9.50. The summed E-state index contributed by atoms with van der Waals surface area (Å²) in [5.41, 5.74) is 4.45. The molecule has 8 heteroatoms. The number of benzene rings is 2.